The van der Waals surface area contributed by atoms with Crippen LogP contribution in [0.1, 0.15) is 35.7 Å². The van der Waals surface area contributed by atoms with Crippen molar-refractivity contribution in [3.05, 3.63) is 64.2 Å². The highest BCUT2D eigenvalue weighted by Gasteiger charge is 2.25. The Morgan fingerprint density at radius 1 is 1.30 bits per heavy atom. The number of hydrogen-bond donors (Lipinski definition) is 1. The lowest BCUT2D eigenvalue weighted by molar-refractivity contribution is -0.0350. The van der Waals surface area contributed by atoms with Crippen molar-refractivity contribution in [1.82, 2.24) is 24.9 Å². The van der Waals surface area contributed by atoms with Crippen molar-refractivity contribution in [3.8, 4) is 5.75 Å². The molecule has 0 unspecified atom stereocenters. The van der Waals surface area contributed by atoms with E-state index in [1.165, 1.54) is 5.56 Å². The van der Waals surface area contributed by atoms with Crippen LogP contribution in [0.25, 0.3) is 0 Å². The van der Waals surface area contributed by atoms with Crippen LogP contribution in [0.15, 0.2) is 36.5 Å². The first-order valence-corrected chi connectivity index (χ1v) is 10.8. The van der Waals surface area contributed by atoms with Gasteiger partial charge in [0.1, 0.15) is 11.9 Å². The number of aromatic amines is 1. The Balaban J connectivity index is 1.30. The van der Waals surface area contributed by atoms with Gasteiger partial charge in [-0.1, -0.05) is 11.6 Å². The minimum atomic E-state index is -0.0255. The Kier molecular flexibility index (Phi) is 6.72. The molecule has 3 aromatic rings. The summed E-state index contributed by atoms with van der Waals surface area (Å²) >= 11 is 5.90. The Hall–Kier alpha value is -2.35. The summed E-state index contributed by atoms with van der Waals surface area (Å²) in [7, 11) is 0. The van der Waals surface area contributed by atoms with E-state index >= 15 is 0 Å². The lowest BCUT2D eigenvalue weighted by atomic mass is 10.1. The van der Waals surface area contributed by atoms with Gasteiger partial charge in [0.2, 0.25) is 0 Å². The molecular formula is C22H28ClN5O2. The van der Waals surface area contributed by atoms with Gasteiger partial charge in [-0.15, -0.1) is 0 Å². The molecule has 7 nitrogen and oxygen atoms in total. The Morgan fingerprint density at radius 2 is 2.13 bits per heavy atom. The highest BCUT2D eigenvalue weighted by molar-refractivity contribution is 6.30. The number of nitrogens with one attached hydrogen (secondary N) is 1. The smallest absolute Gasteiger partial charge is 0.119 e. The molecule has 0 amide bonds. The molecule has 1 atom stereocenters. The van der Waals surface area contributed by atoms with Gasteiger partial charge in [-0.3, -0.25) is 14.7 Å². The van der Waals surface area contributed by atoms with E-state index in [0.717, 1.165) is 55.4 Å². The largest absolute Gasteiger partial charge is 0.493 e. The minimum Gasteiger partial charge on any atom is -0.493 e. The van der Waals surface area contributed by atoms with Crippen LogP contribution in [-0.2, 0) is 24.2 Å². The van der Waals surface area contributed by atoms with E-state index in [1.54, 1.807) is 0 Å². The number of morpholine rings is 1. The van der Waals surface area contributed by atoms with E-state index in [9.17, 15) is 0 Å². The molecule has 1 aliphatic rings. The number of aryl methyl sites for hydroxylation is 2. The van der Waals surface area contributed by atoms with Gasteiger partial charge in [0, 0.05) is 55.1 Å². The molecule has 1 aromatic carbocycles. The van der Waals surface area contributed by atoms with Crippen LogP contribution in [0.3, 0.4) is 0 Å². The minimum absolute atomic E-state index is 0.0255. The molecule has 30 heavy (non-hydrogen) atoms. The zero-order valence-electron chi connectivity index (χ0n) is 17.5. The summed E-state index contributed by atoms with van der Waals surface area (Å²) in [6.07, 6.45) is 2.87. The van der Waals surface area contributed by atoms with Crippen molar-refractivity contribution in [2.75, 3.05) is 26.3 Å². The summed E-state index contributed by atoms with van der Waals surface area (Å²) in [4.78, 5) is 2.41. The quantitative estimate of drug-likeness (QED) is 0.590. The fourth-order valence-electron chi connectivity index (χ4n) is 3.62. The van der Waals surface area contributed by atoms with Crippen molar-refractivity contribution < 1.29 is 9.47 Å². The van der Waals surface area contributed by atoms with Gasteiger partial charge in [-0.25, -0.2) is 0 Å². The Bertz CT molecular complexity index is 953. The second-order valence-electron chi connectivity index (χ2n) is 7.56. The molecule has 3 heterocycles. The molecule has 0 spiro atoms. The highest BCUT2D eigenvalue weighted by Crippen LogP contribution is 2.23. The van der Waals surface area contributed by atoms with Crippen LogP contribution in [-0.4, -0.2) is 51.2 Å². The number of nitrogens with zero attached hydrogens (tertiary/aromatic N) is 4. The summed E-state index contributed by atoms with van der Waals surface area (Å²) in [5.74, 6) is 0.812. The summed E-state index contributed by atoms with van der Waals surface area (Å²) in [6.45, 7) is 8.97. The number of halogens is 1. The third-order valence-corrected chi connectivity index (χ3v) is 5.60. The highest BCUT2D eigenvalue weighted by atomic mass is 35.5. The van der Waals surface area contributed by atoms with Crippen LogP contribution in [0.5, 0.6) is 5.75 Å². The monoisotopic (exact) mass is 429 g/mol. The Labute approximate surface area is 181 Å². The normalized spacial score (nSPS) is 17.4. The SMILES string of the molecule is CCn1cc(CN2CCO[C@@H](c3cc(CCOc4ccc(Cl)cc4)[nH]n3)C2)c(C)n1. The maximum Gasteiger partial charge on any atom is 0.119 e. The molecule has 0 radical (unpaired) electrons. The molecule has 1 N–H and O–H groups in total. The lowest BCUT2D eigenvalue weighted by Gasteiger charge is -2.31. The lowest BCUT2D eigenvalue weighted by Crippen LogP contribution is -2.38. The molecule has 0 aliphatic carbocycles. The maximum absolute atomic E-state index is 6.00. The average Bonchev–Trinajstić information content (AvgIpc) is 3.37. The van der Waals surface area contributed by atoms with Crippen LogP contribution in [0.4, 0.5) is 0 Å². The molecule has 8 heteroatoms. The zero-order valence-corrected chi connectivity index (χ0v) is 18.2. The van der Waals surface area contributed by atoms with Crippen LogP contribution in [0, 0.1) is 6.92 Å². The fourth-order valence-corrected chi connectivity index (χ4v) is 3.75. The first-order valence-electron chi connectivity index (χ1n) is 10.4. The van der Waals surface area contributed by atoms with E-state index < -0.39 is 0 Å². The van der Waals surface area contributed by atoms with Crippen molar-refractivity contribution in [2.45, 2.75) is 39.5 Å². The standard InChI is InChI=1S/C22H28ClN5O2/c1-3-28-14-17(16(2)26-28)13-27-9-11-30-22(15-27)21-12-19(24-25-21)8-10-29-20-6-4-18(23)5-7-20/h4-7,12,14,22H,3,8-11,13,15H2,1-2H3,(H,24,25)/t22-/m1/s1. The van der Waals surface area contributed by atoms with E-state index in [0.29, 0.717) is 18.2 Å². The van der Waals surface area contributed by atoms with Gasteiger partial charge in [-0.05, 0) is 44.2 Å². The number of benzene rings is 1. The first-order chi connectivity index (χ1) is 14.6. The van der Waals surface area contributed by atoms with Crippen molar-refractivity contribution in [1.29, 1.82) is 0 Å². The molecule has 160 valence electrons. The third kappa shape index (κ3) is 5.22. The predicted molar refractivity (Wildman–Crippen MR) is 116 cm³/mol. The van der Waals surface area contributed by atoms with Crippen LogP contribution < -0.4 is 4.74 Å². The van der Waals surface area contributed by atoms with Crippen LogP contribution in [0.2, 0.25) is 5.02 Å². The Morgan fingerprint density at radius 3 is 2.90 bits per heavy atom. The number of hydrogen-bond acceptors (Lipinski definition) is 5. The number of rotatable bonds is 8. The fraction of sp³-hybridized carbons (Fsp3) is 0.455. The molecule has 0 saturated carbocycles. The second-order valence-corrected chi connectivity index (χ2v) is 8.00. The molecule has 2 aromatic heterocycles. The number of aromatic nitrogens is 4. The van der Waals surface area contributed by atoms with Gasteiger partial charge in [0.25, 0.3) is 0 Å². The summed E-state index contributed by atoms with van der Waals surface area (Å²) < 4.78 is 13.8. The summed E-state index contributed by atoms with van der Waals surface area (Å²) in [6, 6.07) is 9.48. The average molecular weight is 430 g/mol. The number of ether oxygens (including phenoxy) is 2. The van der Waals surface area contributed by atoms with E-state index in [-0.39, 0.29) is 6.10 Å². The van der Waals surface area contributed by atoms with E-state index in [2.05, 4.69) is 46.3 Å². The topological polar surface area (TPSA) is 68.2 Å². The molecule has 1 aliphatic heterocycles. The van der Waals surface area contributed by atoms with Gasteiger partial charge >= 0.3 is 0 Å². The molecule has 4 rings (SSSR count). The van der Waals surface area contributed by atoms with Gasteiger partial charge in [0.05, 0.1) is 24.6 Å². The van der Waals surface area contributed by atoms with E-state index in [1.807, 2.05) is 28.9 Å². The summed E-state index contributed by atoms with van der Waals surface area (Å²) in [5.41, 5.74) is 4.36. The van der Waals surface area contributed by atoms with Crippen molar-refractivity contribution in [2.24, 2.45) is 0 Å². The zero-order chi connectivity index (χ0) is 20.9. The van der Waals surface area contributed by atoms with E-state index in [4.69, 9.17) is 21.1 Å². The molecule has 1 fully saturated rings. The van der Waals surface area contributed by atoms with Gasteiger partial charge < -0.3 is 9.47 Å². The second kappa shape index (κ2) is 9.64. The third-order valence-electron chi connectivity index (χ3n) is 5.35. The first kappa shape index (κ1) is 20.9. The van der Waals surface area contributed by atoms with Gasteiger partial charge in [-0.2, -0.15) is 10.2 Å². The van der Waals surface area contributed by atoms with Crippen LogP contribution >= 0.6 is 11.6 Å². The number of H-pyrrole nitrogens is 1. The molecule has 0 bridgehead atoms. The molecule has 1 saturated heterocycles. The summed E-state index contributed by atoms with van der Waals surface area (Å²) in [5, 5.41) is 12.9. The van der Waals surface area contributed by atoms with Crippen molar-refractivity contribution in [3.63, 3.8) is 0 Å². The molecular weight excluding hydrogens is 402 g/mol. The van der Waals surface area contributed by atoms with Gasteiger partial charge in [0.15, 0.2) is 0 Å². The predicted octanol–water partition coefficient (Wildman–Crippen LogP) is 3.78. The maximum atomic E-state index is 6.00. The van der Waals surface area contributed by atoms with Crippen molar-refractivity contribution >= 4 is 11.6 Å².